The maximum absolute atomic E-state index is 12.9. The van der Waals surface area contributed by atoms with Crippen LogP contribution in [0.4, 0.5) is 10.1 Å². The Balaban J connectivity index is 1.61. The normalized spacial score (nSPS) is 22.7. The first kappa shape index (κ1) is 16.4. The lowest BCUT2D eigenvalue weighted by Crippen LogP contribution is -2.52. The van der Waals surface area contributed by atoms with Gasteiger partial charge in [0.05, 0.1) is 6.04 Å². The van der Waals surface area contributed by atoms with Gasteiger partial charge in [-0.15, -0.1) is 0 Å². The van der Waals surface area contributed by atoms with Gasteiger partial charge in [0.25, 0.3) is 0 Å². The smallest absolute Gasteiger partial charge is 0.241 e. The van der Waals surface area contributed by atoms with Crippen molar-refractivity contribution < 1.29 is 13.9 Å². The van der Waals surface area contributed by atoms with E-state index in [-0.39, 0.29) is 17.8 Å². The number of hydrogen-bond acceptors (Lipinski definition) is 3. The zero-order valence-electron chi connectivity index (χ0n) is 13.7. The van der Waals surface area contributed by atoms with Gasteiger partial charge >= 0.3 is 0 Å². The van der Waals surface area contributed by atoms with E-state index in [0.717, 1.165) is 45.6 Å². The van der Waals surface area contributed by atoms with Gasteiger partial charge in [-0.1, -0.05) is 0 Å². The minimum absolute atomic E-state index is 0.0271. The predicted molar refractivity (Wildman–Crippen MR) is 87.8 cm³/mol. The third-order valence-electron chi connectivity index (χ3n) is 5.28. The molecule has 0 unspecified atom stereocenters. The molecular weight excluding hydrogens is 295 g/mol. The largest absolute Gasteiger partial charge is 0.381 e. The van der Waals surface area contributed by atoms with Crippen LogP contribution in [0.3, 0.4) is 0 Å². The quantitative estimate of drug-likeness (QED) is 0.931. The molecule has 23 heavy (non-hydrogen) atoms. The molecule has 0 radical (unpaired) electrons. The molecule has 1 atom stereocenters. The van der Waals surface area contributed by atoms with Crippen LogP contribution in [-0.4, -0.2) is 43.2 Å². The van der Waals surface area contributed by atoms with E-state index in [9.17, 15) is 9.18 Å². The highest BCUT2D eigenvalue weighted by molar-refractivity contribution is 5.94. The number of hydrogen-bond donors (Lipinski definition) is 1. The van der Waals surface area contributed by atoms with Gasteiger partial charge in [-0.3, -0.25) is 9.69 Å². The number of amides is 1. The van der Waals surface area contributed by atoms with E-state index in [0.29, 0.717) is 11.1 Å². The Labute approximate surface area is 137 Å². The fourth-order valence-corrected chi connectivity index (χ4v) is 3.73. The van der Waals surface area contributed by atoms with Crippen molar-refractivity contribution in [1.82, 2.24) is 4.90 Å². The molecule has 2 aliphatic heterocycles. The van der Waals surface area contributed by atoms with Crippen LogP contribution >= 0.6 is 0 Å². The molecule has 0 aliphatic carbocycles. The standard InChI is InChI=1S/C18H25FN2O2/c1-14(17(22)20-16-5-3-15(19)4-6-16)21-10-2-7-18(13-21)8-11-23-12-9-18/h3-6,14H,2,7-13H2,1H3,(H,20,22)/t14-/m1/s1. The molecule has 2 fully saturated rings. The molecule has 2 aliphatic rings. The van der Waals surface area contributed by atoms with Crippen LogP contribution in [0.2, 0.25) is 0 Å². The van der Waals surface area contributed by atoms with Crippen LogP contribution < -0.4 is 5.32 Å². The van der Waals surface area contributed by atoms with E-state index in [1.165, 1.54) is 18.6 Å². The highest BCUT2D eigenvalue weighted by Crippen LogP contribution is 2.39. The summed E-state index contributed by atoms with van der Waals surface area (Å²) in [4.78, 5) is 14.8. The van der Waals surface area contributed by atoms with Crippen molar-refractivity contribution in [3.05, 3.63) is 30.1 Å². The Hall–Kier alpha value is -1.46. The molecular formula is C18H25FN2O2. The van der Waals surface area contributed by atoms with Crippen LogP contribution in [0.15, 0.2) is 24.3 Å². The third-order valence-corrected chi connectivity index (χ3v) is 5.28. The predicted octanol–water partition coefficient (Wildman–Crippen LogP) is 3.05. The van der Waals surface area contributed by atoms with E-state index < -0.39 is 0 Å². The van der Waals surface area contributed by atoms with Gasteiger partial charge in [0, 0.05) is 25.4 Å². The molecule has 2 heterocycles. The highest BCUT2D eigenvalue weighted by Gasteiger charge is 2.39. The summed E-state index contributed by atoms with van der Waals surface area (Å²) in [6, 6.07) is 5.72. The summed E-state index contributed by atoms with van der Waals surface area (Å²) in [6.07, 6.45) is 4.55. The van der Waals surface area contributed by atoms with E-state index in [2.05, 4.69) is 10.2 Å². The van der Waals surface area contributed by atoms with Crippen molar-refractivity contribution in [2.75, 3.05) is 31.6 Å². The number of halogens is 1. The molecule has 1 aromatic carbocycles. The number of rotatable bonds is 3. The number of carbonyl (C=O) groups excluding carboxylic acids is 1. The summed E-state index contributed by atoms with van der Waals surface area (Å²) in [7, 11) is 0. The summed E-state index contributed by atoms with van der Waals surface area (Å²) in [6.45, 7) is 5.56. The van der Waals surface area contributed by atoms with Crippen molar-refractivity contribution in [1.29, 1.82) is 0 Å². The van der Waals surface area contributed by atoms with Gasteiger partial charge < -0.3 is 10.1 Å². The zero-order valence-corrected chi connectivity index (χ0v) is 13.7. The van der Waals surface area contributed by atoms with E-state index in [1.54, 1.807) is 12.1 Å². The molecule has 4 nitrogen and oxygen atoms in total. The first-order valence-electron chi connectivity index (χ1n) is 8.46. The number of nitrogens with one attached hydrogen (secondary N) is 1. The SMILES string of the molecule is C[C@H](C(=O)Nc1ccc(F)cc1)N1CCCC2(CCOCC2)C1. The van der Waals surface area contributed by atoms with Gasteiger partial charge in [-0.05, 0) is 68.8 Å². The first-order chi connectivity index (χ1) is 11.1. The molecule has 126 valence electrons. The van der Waals surface area contributed by atoms with Crippen LogP contribution in [-0.2, 0) is 9.53 Å². The van der Waals surface area contributed by atoms with Gasteiger partial charge in [-0.2, -0.15) is 0 Å². The van der Waals surface area contributed by atoms with Crippen LogP contribution in [0, 0.1) is 11.2 Å². The molecule has 1 N–H and O–H groups in total. The lowest BCUT2D eigenvalue weighted by molar-refractivity contribution is -0.123. The maximum atomic E-state index is 12.9. The second-order valence-corrected chi connectivity index (χ2v) is 6.86. The summed E-state index contributed by atoms with van der Waals surface area (Å²) >= 11 is 0. The summed E-state index contributed by atoms with van der Waals surface area (Å²) in [5, 5.41) is 2.89. The monoisotopic (exact) mass is 320 g/mol. The Morgan fingerprint density at radius 2 is 1.96 bits per heavy atom. The minimum Gasteiger partial charge on any atom is -0.381 e. The van der Waals surface area contributed by atoms with Crippen molar-refractivity contribution in [2.24, 2.45) is 5.41 Å². The fourth-order valence-electron chi connectivity index (χ4n) is 3.73. The number of benzene rings is 1. The second-order valence-electron chi connectivity index (χ2n) is 6.86. The number of anilines is 1. The molecule has 1 spiro atoms. The average molecular weight is 320 g/mol. The second kappa shape index (κ2) is 6.97. The van der Waals surface area contributed by atoms with Gasteiger partial charge in [0.2, 0.25) is 5.91 Å². The van der Waals surface area contributed by atoms with E-state index >= 15 is 0 Å². The van der Waals surface area contributed by atoms with Crippen molar-refractivity contribution in [3.8, 4) is 0 Å². The number of likely N-dealkylation sites (tertiary alicyclic amines) is 1. The summed E-state index contributed by atoms with van der Waals surface area (Å²) in [5.41, 5.74) is 0.960. The number of piperidine rings is 1. The van der Waals surface area contributed by atoms with E-state index in [1.807, 2.05) is 6.92 Å². The molecule has 0 aromatic heterocycles. The summed E-state index contributed by atoms with van der Waals surface area (Å²) < 4.78 is 18.4. The van der Waals surface area contributed by atoms with E-state index in [4.69, 9.17) is 4.74 Å². The Bertz CT molecular complexity index is 535. The van der Waals surface area contributed by atoms with Crippen molar-refractivity contribution in [2.45, 2.75) is 38.6 Å². The number of ether oxygens (including phenoxy) is 1. The van der Waals surface area contributed by atoms with Crippen LogP contribution in [0.5, 0.6) is 0 Å². The number of nitrogens with zero attached hydrogens (tertiary/aromatic N) is 1. The summed E-state index contributed by atoms with van der Waals surface area (Å²) in [5.74, 6) is -0.325. The average Bonchev–Trinajstić information content (AvgIpc) is 2.57. The Morgan fingerprint density at radius 1 is 1.26 bits per heavy atom. The molecule has 3 rings (SSSR count). The minimum atomic E-state index is -0.298. The maximum Gasteiger partial charge on any atom is 0.241 e. The van der Waals surface area contributed by atoms with Crippen LogP contribution in [0.25, 0.3) is 0 Å². The zero-order chi connectivity index (χ0) is 16.3. The lowest BCUT2D eigenvalue weighted by Gasteiger charge is -2.46. The molecule has 2 saturated heterocycles. The van der Waals surface area contributed by atoms with Gasteiger partial charge in [0.1, 0.15) is 5.82 Å². The van der Waals surface area contributed by atoms with Gasteiger partial charge in [-0.25, -0.2) is 4.39 Å². The Morgan fingerprint density at radius 3 is 2.65 bits per heavy atom. The van der Waals surface area contributed by atoms with Crippen molar-refractivity contribution in [3.63, 3.8) is 0 Å². The molecule has 1 amide bonds. The Kier molecular flexibility index (Phi) is 4.97. The van der Waals surface area contributed by atoms with Crippen molar-refractivity contribution >= 4 is 11.6 Å². The molecule has 1 aromatic rings. The van der Waals surface area contributed by atoms with Gasteiger partial charge in [0.15, 0.2) is 0 Å². The lowest BCUT2D eigenvalue weighted by atomic mass is 9.73. The third kappa shape index (κ3) is 3.90. The van der Waals surface area contributed by atoms with Crippen LogP contribution in [0.1, 0.15) is 32.6 Å². The first-order valence-corrected chi connectivity index (χ1v) is 8.46. The number of carbonyl (C=O) groups is 1. The molecule has 0 bridgehead atoms. The molecule has 5 heteroatoms. The fraction of sp³-hybridized carbons (Fsp3) is 0.611. The molecule has 0 saturated carbocycles. The topological polar surface area (TPSA) is 41.6 Å². The highest BCUT2D eigenvalue weighted by atomic mass is 19.1.